The second-order valence-electron chi connectivity index (χ2n) is 26.4. The van der Waals surface area contributed by atoms with Crippen molar-refractivity contribution in [1.29, 1.82) is 0 Å². The quantitative estimate of drug-likeness (QED) is 0.00675. The first-order valence-corrected chi connectivity index (χ1v) is 37.7. The summed E-state index contributed by atoms with van der Waals surface area (Å²) in [6.07, 6.45) is 18.3. The fourth-order valence-corrected chi connectivity index (χ4v) is 13.8. The normalized spacial score (nSPS) is 21.5. The van der Waals surface area contributed by atoms with Gasteiger partial charge < -0.3 is 91.5 Å². The van der Waals surface area contributed by atoms with Gasteiger partial charge in [0, 0.05) is 74.3 Å². The number of nitrogens with zero attached hydrogens (tertiary/aromatic N) is 4. The summed E-state index contributed by atoms with van der Waals surface area (Å²) >= 11 is 2.80. The van der Waals surface area contributed by atoms with Crippen LogP contribution >= 0.6 is 23.5 Å². The predicted octanol–water partition coefficient (Wildman–Crippen LogP) is 7.41. The molecule has 0 unspecified atom stereocenters. The number of aliphatic hydroxyl groups is 5. The lowest BCUT2D eigenvalue weighted by Gasteiger charge is -2.53. The number of aliphatic hydroxyl groups excluding tert-OH is 4. The van der Waals surface area contributed by atoms with Crippen molar-refractivity contribution < 1.29 is 78.4 Å². The first-order chi connectivity index (χ1) is 51.1. The van der Waals surface area contributed by atoms with Crippen molar-refractivity contribution in [3.8, 4) is 23.0 Å². The van der Waals surface area contributed by atoms with Gasteiger partial charge in [0.15, 0.2) is 11.5 Å². The van der Waals surface area contributed by atoms with Gasteiger partial charge in [0.1, 0.15) is 52.9 Å². The number of nitro groups is 1. The number of nitrogens with two attached hydrogens (primary N) is 2. The number of methoxy groups -OCH3 is 3. The molecule has 2 aliphatic rings. The highest BCUT2D eigenvalue weighted by Gasteiger charge is 2.60. The third-order valence-corrected chi connectivity index (χ3v) is 20.3. The van der Waals surface area contributed by atoms with Gasteiger partial charge in [-0.05, 0) is 98.7 Å². The molecule has 11 atom stereocenters. The van der Waals surface area contributed by atoms with E-state index >= 15 is 0 Å². The van der Waals surface area contributed by atoms with Gasteiger partial charge in [-0.3, -0.25) is 34.7 Å². The minimum absolute atomic E-state index is 0.0117. The van der Waals surface area contributed by atoms with Crippen LogP contribution in [0.1, 0.15) is 109 Å². The molecular formula is C76H105N11O18S2. The van der Waals surface area contributed by atoms with Gasteiger partial charge in [-0.2, -0.15) is 21.8 Å². The molecule has 0 spiro atoms. The number of nitrogen functional groups attached to an aromatic ring is 2. The van der Waals surface area contributed by atoms with Gasteiger partial charge in [0.05, 0.1) is 67.6 Å². The second-order valence-corrected chi connectivity index (χ2v) is 28.5. The van der Waals surface area contributed by atoms with Crippen LogP contribution in [0.15, 0.2) is 143 Å². The second kappa shape index (κ2) is 43.2. The summed E-state index contributed by atoms with van der Waals surface area (Å²) in [6.45, 7) is 13.6. The number of thioether (sulfide) groups is 2. The number of amides is 3. The van der Waals surface area contributed by atoms with E-state index in [9.17, 15) is 59.9 Å². The molecule has 2 aromatic heterocycles. The minimum Gasteiger partial charge on any atom is -0.507 e. The third-order valence-electron chi connectivity index (χ3n) is 18.2. The van der Waals surface area contributed by atoms with E-state index in [0.717, 1.165) is 36.8 Å². The molecule has 4 heterocycles. The Hall–Kier alpha value is -8.89. The van der Waals surface area contributed by atoms with Crippen LogP contribution in [0, 0.1) is 27.4 Å². The number of benzene rings is 2. The van der Waals surface area contributed by atoms with Crippen molar-refractivity contribution in [2.75, 3.05) is 81.7 Å². The monoisotopic (exact) mass is 1520 g/mol. The van der Waals surface area contributed by atoms with Crippen LogP contribution in [0.4, 0.5) is 23.1 Å². The zero-order valence-electron chi connectivity index (χ0n) is 62.3. The zero-order valence-corrected chi connectivity index (χ0v) is 63.9. The van der Waals surface area contributed by atoms with Gasteiger partial charge in [-0.15, -0.1) is 11.8 Å². The lowest BCUT2D eigenvalue weighted by atomic mass is 9.71. The van der Waals surface area contributed by atoms with Crippen LogP contribution in [0.2, 0.25) is 0 Å². The molecule has 15 N–H and O–H groups in total. The number of aromatic amines is 1. The highest BCUT2D eigenvalue weighted by molar-refractivity contribution is 8.00. The highest BCUT2D eigenvalue weighted by Crippen LogP contribution is 2.45. The fourth-order valence-electron chi connectivity index (χ4n) is 12.2. The Balaban J connectivity index is 0.910. The zero-order chi connectivity index (χ0) is 78.4. The minimum atomic E-state index is -2.38. The molecular weight excluding hydrogens is 1420 g/mol. The topological polar surface area (TPSA) is 442 Å². The van der Waals surface area contributed by atoms with Crippen molar-refractivity contribution in [1.82, 2.24) is 30.9 Å². The van der Waals surface area contributed by atoms with Crippen LogP contribution in [-0.2, 0) is 40.8 Å². The van der Waals surface area contributed by atoms with E-state index in [0.29, 0.717) is 83.8 Å². The molecule has 2 fully saturated rings. The van der Waals surface area contributed by atoms with E-state index in [1.54, 1.807) is 127 Å². The predicted molar refractivity (Wildman–Crippen MR) is 415 cm³/mol. The van der Waals surface area contributed by atoms with Gasteiger partial charge in [-0.25, -0.2) is 4.98 Å². The summed E-state index contributed by atoms with van der Waals surface area (Å²) in [5, 5.41) is 92.5. The third kappa shape index (κ3) is 24.8. The molecule has 29 nitrogen and oxygen atoms in total. The van der Waals surface area contributed by atoms with E-state index in [1.807, 2.05) is 32.9 Å². The number of ether oxygens (including phenoxy) is 6. The van der Waals surface area contributed by atoms with Crippen molar-refractivity contribution in [2.45, 2.75) is 154 Å². The number of aromatic nitrogens is 3. The van der Waals surface area contributed by atoms with E-state index in [2.05, 4.69) is 41.4 Å². The molecule has 0 aliphatic carbocycles. The molecule has 2 aromatic carbocycles. The Morgan fingerprint density at radius 1 is 0.860 bits per heavy atom. The molecule has 6 rings (SSSR count). The largest absolute Gasteiger partial charge is 0.507 e. The fraction of sp³-hybridized carbons (Fsp3) is 0.487. The molecule has 107 heavy (non-hydrogen) atoms. The standard InChI is InChI=1S/C76H105N11O18S2/c1-11-13-17-28-59-75(6,7)69(93)70(94)76(97,105-59)52(12-2)72(95)81-34-23-20-26-47(4)66(102-10)48(5)67-65(92)64(91)56(104-67)27-19-16-18-25-46(3)63(62-55(88)31-35-82-73(62)96)86-85-53-30-29-49(39-54(53)87(98)99)43-107-45-61(90)80-33-22-15-14-21-32-79-60(89)44-106-37-24-36-103-68-57(100-8)40-50(41-58(68)101-9)38-51-42-83-74(78)84-71(51)77/h11,13,16-20,23,25-31,35,39-42,48,52,56,59,64-67,69-70,85,91-94,97H,12,14-15,21-22,24,32-34,36-38,43-45H2,1-10H3,(H,79,89)(H,80,90)(H,81,95)(H2,82,88,96)(H4,77,78,83,84)/b13-11-,18-16+,23-20+,27-19+,28-17+,46-25+,47-26-,86-63-/t48-,52-,56-,59+,64+,65+,66-,67+,69+,70-,76-/m1/s1. The molecule has 4 aromatic rings. The molecule has 3 amide bonds. The molecule has 2 aliphatic heterocycles. The molecule has 2 saturated heterocycles. The van der Waals surface area contributed by atoms with Crippen molar-refractivity contribution >= 4 is 70.1 Å². The molecule has 0 saturated carbocycles. The number of anilines is 3. The SMILES string of the molecule is C/C=C\C=C\[C@@H]1O[C@](O)([C@H](CC)C(=O)NC/C=C/C=C(/C)[C@@H](OC)[C@@H](C)[C@@H]2O[C@H](/C=C/C=C/C=C(C)/C(=N/Nc3ccc(CSCC(=O)NCCCCCCNC(=O)CSCCCOc4c(OC)cc(Cc5cnc(N)nc5N)cc4OC)cc3[N+](=O)[O-])c3c(O)cc[nH]c3=O)[C@H](O)[C@@H]2O)[C@H](O)[C@H](O)C1(C)C. The van der Waals surface area contributed by atoms with Crippen LogP contribution in [-0.4, -0.2) is 193 Å². The number of hydrogen-bond donors (Lipinski definition) is 13. The maximum absolute atomic E-state index is 13.5. The average molecular weight is 1520 g/mol. The lowest BCUT2D eigenvalue weighted by molar-refractivity contribution is -0.384. The highest BCUT2D eigenvalue weighted by atomic mass is 32.2. The van der Waals surface area contributed by atoms with Crippen molar-refractivity contribution in [3.63, 3.8) is 0 Å². The molecule has 31 heteroatoms. The maximum Gasteiger partial charge on any atom is 0.294 e. The Morgan fingerprint density at radius 3 is 2.18 bits per heavy atom. The summed E-state index contributed by atoms with van der Waals surface area (Å²) in [5.41, 5.74) is 15.3. The number of hydrazone groups is 1. The lowest BCUT2D eigenvalue weighted by Crippen LogP contribution is -2.69. The first kappa shape index (κ1) is 87.0. The number of pyridine rings is 1. The Morgan fingerprint density at radius 2 is 1.54 bits per heavy atom. The first-order valence-electron chi connectivity index (χ1n) is 35.3. The Bertz CT molecular complexity index is 3910. The van der Waals surface area contributed by atoms with Crippen LogP contribution in [0.5, 0.6) is 23.0 Å². The Kier molecular flexibility index (Phi) is 35.1. The summed E-state index contributed by atoms with van der Waals surface area (Å²) in [4.78, 5) is 74.3. The molecule has 584 valence electrons. The van der Waals surface area contributed by atoms with Crippen molar-refractivity contribution in [3.05, 3.63) is 176 Å². The summed E-state index contributed by atoms with van der Waals surface area (Å²) in [5.74, 6) is -2.03. The summed E-state index contributed by atoms with van der Waals surface area (Å²) < 4.78 is 35.3. The maximum atomic E-state index is 13.5. The number of aromatic hydroxyl groups is 1. The van der Waals surface area contributed by atoms with Crippen LogP contribution in [0.25, 0.3) is 0 Å². The van der Waals surface area contributed by atoms with Gasteiger partial charge in [-0.1, -0.05) is 120 Å². The number of rotatable bonds is 42. The van der Waals surface area contributed by atoms with Gasteiger partial charge in [0.25, 0.3) is 11.2 Å². The summed E-state index contributed by atoms with van der Waals surface area (Å²) in [7, 11) is 4.60. The number of nitrogens with one attached hydrogen (secondary N) is 5. The van der Waals surface area contributed by atoms with E-state index in [1.165, 1.54) is 55.0 Å². The van der Waals surface area contributed by atoms with E-state index in [4.69, 9.17) is 39.9 Å². The summed E-state index contributed by atoms with van der Waals surface area (Å²) in [6, 6.07) is 9.43. The number of H-pyrrole nitrogens is 1. The number of nitro benzene ring substituents is 1. The van der Waals surface area contributed by atoms with Crippen LogP contribution < -0.4 is 52.6 Å². The van der Waals surface area contributed by atoms with Gasteiger partial charge >= 0.3 is 0 Å². The number of unbranched alkanes of at least 4 members (excludes halogenated alkanes) is 3. The van der Waals surface area contributed by atoms with Crippen molar-refractivity contribution in [2.24, 2.45) is 22.4 Å². The number of hydrogen-bond acceptors (Lipinski definition) is 26. The number of carbonyl (C=O) groups excluding carboxylic acids is 3. The number of carbonyl (C=O) groups is 3. The molecule has 0 radical (unpaired) electrons. The van der Waals surface area contributed by atoms with E-state index in [-0.39, 0.29) is 64.9 Å². The molecule has 0 bridgehead atoms. The number of allylic oxidation sites excluding steroid dienone is 10. The average Bonchev–Trinajstić information content (AvgIpc) is 1.35. The van der Waals surface area contributed by atoms with Crippen LogP contribution in [0.3, 0.4) is 0 Å². The van der Waals surface area contributed by atoms with Gasteiger partial charge in [0.2, 0.25) is 35.2 Å². The van der Waals surface area contributed by atoms with E-state index < -0.39 is 94.0 Å². The smallest absolute Gasteiger partial charge is 0.294 e. The Labute approximate surface area is 632 Å².